The zero-order valence-electron chi connectivity index (χ0n) is 8.90. The molecule has 0 saturated carbocycles. The van der Waals surface area contributed by atoms with E-state index >= 15 is 0 Å². The summed E-state index contributed by atoms with van der Waals surface area (Å²) in [7, 11) is 0. The largest absolute Gasteiger partial charge is 0.296 e. The van der Waals surface area contributed by atoms with Crippen molar-refractivity contribution in [1.82, 2.24) is 4.98 Å². The molecule has 0 radical (unpaired) electrons. The summed E-state index contributed by atoms with van der Waals surface area (Å²) in [6.45, 7) is 2.52. The van der Waals surface area contributed by atoms with Gasteiger partial charge in [-0.3, -0.25) is 9.69 Å². The van der Waals surface area contributed by atoms with Crippen LogP contribution < -0.4 is 4.90 Å². The molecule has 2 heterocycles. The number of aromatic nitrogens is 1. The Labute approximate surface area is 108 Å². The molecule has 1 unspecified atom stereocenters. The molecule has 1 amide bonds. The Hall–Kier alpha value is -1.09. The van der Waals surface area contributed by atoms with Crippen LogP contribution in [0.2, 0.25) is 0 Å². The van der Waals surface area contributed by atoms with Crippen molar-refractivity contribution in [3.05, 3.63) is 21.4 Å². The summed E-state index contributed by atoms with van der Waals surface area (Å²) in [5.74, 6) is 3.43. The van der Waals surface area contributed by atoms with Gasteiger partial charge in [0.25, 0.3) is 0 Å². The minimum absolute atomic E-state index is 0.0221. The number of terminal acetylenes is 1. The molecule has 1 atom stereocenters. The number of carbonyl (C=O) groups excluding carboxylic acids is 1. The summed E-state index contributed by atoms with van der Waals surface area (Å²) in [4.78, 5) is 17.8. The van der Waals surface area contributed by atoms with E-state index in [2.05, 4.69) is 33.5 Å². The topological polar surface area (TPSA) is 33.2 Å². The van der Waals surface area contributed by atoms with E-state index in [9.17, 15) is 4.79 Å². The van der Waals surface area contributed by atoms with E-state index in [-0.39, 0.29) is 11.8 Å². The first kappa shape index (κ1) is 11.4. The monoisotopic (exact) mass is 326 g/mol. The molecule has 2 rings (SSSR count). The maximum Gasteiger partial charge on any atom is 0.229 e. The molecular formula is C12H11IN2O. The molecule has 0 spiro atoms. The van der Waals surface area contributed by atoms with Crippen LogP contribution in [-0.4, -0.2) is 17.4 Å². The van der Waals surface area contributed by atoms with E-state index in [0.29, 0.717) is 18.8 Å². The summed E-state index contributed by atoms with van der Waals surface area (Å²) in [5.41, 5.74) is 0.940. The van der Waals surface area contributed by atoms with E-state index in [1.54, 1.807) is 4.90 Å². The fraction of sp³-hybridized carbons (Fsp3) is 0.333. The Morgan fingerprint density at radius 2 is 2.38 bits per heavy atom. The molecule has 3 nitrogen and oxygen atoms in total. The van der Waals surface area contributed by atoms with Crippen molar-refractivity contribution >= 4 is 34.3 Å². The molecule has 1 aliphatic rings. The van der Waals surface area contributed by atoms with Gasteiger partial charge in [-0.05, 0) is 41.6 Å². The minimum Gasteiger partial charge on any atom is -0.296 e. The summed E-state index contributed by atoms with van der Waals surface area (Å²) in [5, 5.41) is 0. The molecule has 0 bridgehead atoms. The molecule has 82 valence electrons. The molecule has 0 aromatic carbocycles. The average Bonchev–Trinajstić information content (AvgIpc) is 2.64. The number of aryl methyl sites for hydroxylation is 1. The highest BCUT2D eigenvalue weighted by atomic mass is 127. The number of pyridine rings is 1. The van der Waals surface area contributed by atoms with Gasteiger partial charge in [-0.15, -0.1) is 12.3 Å². The Bertz CT molecular complexity index is 478. The highest BCUT2D eigenvalue weighted by molar-refractivity contribution is 14.1. The molecular weight excluding hydrogens is 315 g/mol. The number of hydrogen-bond donors (Lipinski definition) is 0. The van der Waals surface area contributed by atoms with Crippen molar-refractivity contribution in [2.45, 2.75) is 13.3 Å². The third-order valence-corrected chi connectivity index (χ3v) is 3.78. The predicted octanol–water partition coefficient (Wildman–Crippen LogP) is 1.98. The standard InChI is InChI=1S/C12H11IN2O/c1-3-9-6-12(16)15(7-9)11-5-4-10(13)8(2)14-11/h1,4-5,9H,6-7H2,2H3. The SMILES string of the molecule is C#CC1CC(=O)N(c2ccc(I)c(C)n2)C1. The second kappa shape index (κ2) is 4.42. The number of rotatable bonds is 1. The van der Waals surface area contributed by atoms with Crippen LogP contribution in [0.25, 0.3) is 0 Å². The number of hydrogen-bond acceptors (Lipinski definition) is 2. The summed E-state index contributed by atoms with van der Waals surface area (Å²) >= 11 is 2.22. The van der Waals surface area contributed by atoms with E-state index < -0.39 is 0 Å². The van der Waals surface area contributed by atoms with Crippen molar-refractivity contribution in [3.8, 4) is 12.3 Å². The molecule has 1 aliphatic heterocycles. The zero-order valence-corrected chi connectivity index (χ0v) is 11.1. The first-order chi connectivity index (χ1) is 7.61. The van der Waals surface area contributed by atoms with Crippen LogP contribution in [0, 0.1) is 28.8 Å². The van der Waals surface area contributed by atoms with E-state index in [0.717, 1.165) is 9.26 Å². The lowest BCUT2D eigenvalue weighted by Crippen LogP contribution is -2.25. The highest BCUT2D eigenvalue weighted by Gasteiger charge is 2.30. The predicted molar refractivity (Wildman–Crippen MR) is 71.0 cm³/mol. The Balaban J connectivity index is 2.29. The van der Waals surface area contributed by atoms with Gasteiger partial charge in [-0.2, -0.15) is 0 Å². The lowest BCUT2D eigenvalue weighted by Gasteiger charge is -2.15. The Kier molecular flexibility index (Phi) is 3.15. The van der Waals surface area contributed by atoms with Gasteiger partial charge in [0.15, 0.2) is 0 Å². The Morgan fingerprint density at radius 1 is 1.62 bits per heavy atom. The van der Waals surface area contributed by atoms with Crippen LogP contribution in [0.5, 0.6) is 0 Å². The third-order valence-electron chi connectivity index (χ3n) is 2.64. The summed E-state index contributed by atoms with van der Waals surface area (Å²) in [6, 6.07) is 3.83. The molecule has 0 N–H and O–H groups in total. The van der Waals surface area contributed by atoms with Gasteiger partial charge in [0.05, 0.1) is 5.69 Å². The second-order valence-corrected chi connectivity index (χ2v) is 4.97. The van der Waals surface area contributed by atoms with Crippen LogP contribution >= 0.6 is 22.6 Å². The lowest BCUT2D eigenvalue weighted by atomic mass is 10.1. The molecule has 0 aliphatic carbocycles. The Morgan fingerprint density at radius 3 is 2.94 bits per heavy atom. The highest BCUT2D eigenvalue weighted by Crippen LogP contribution is 2.24. The van der Waals surface area contributed by atoms with Crippen molar-refractivity contribution in [2.24, 2.45) is 5.92 Å². The number of carbonyl (C=O) groups is 1. The van der Waals surface area contributed by atoms with Crippen molar-refractivity contribution < 1.29 is 4.79 Å². The van der Waals surface area contributed by atoms with Crippen molar-refractivity contribution in [3.63, 3.8) is 0 Å². The molecule has 1 fully saturated rings. The summed E-state index contributed by atoms with van der Waals surface area (Å²) < 4.78 is 1.10. The fourth-order valence-electron chi connectivity index (χ4n) is 1.72. The fourth-order valence-corrected chi connectivity index (χ4v) is 2.02. The number of halogens is 1. The first-order valence-corrected chi connectivity index (χ1v) is 6.09. The third kappa shape index (κ3) is 2.05. The molecule has 1 aromatic heterocycles. The first-order valence-electron chi connectivity index (χ1n) is 5.01. The van der Waals surface area contributed by atoms with Crippen LogP contribution in [0.3, 0.4) is 0 Å². The molecule has 4 heteroatoms. The van der Waals surface area contributed by atoms with Crippen LogP contribution in [0.15, 0.2) is 12.1 Å². The minimum atomic E-state index is 0.0221. The second-order valence-electron chi connectivity index (χ2n) is 3.81. The normalized spacial score (nSPS) is 19.9. The van der Waals surface area contributed by atoms with Gasteiger partial charge < -0.3 is 0 Å². The van der Waals surface area contributed by atoms with Crippen molar-refractivity contribution in [1.29, 1.82) is 0 Å². The van der Waals surface area contributed by atoms with Crippen LogP contribution in [0.1, 0.15) is 12.1 Å². The molecule has 1 saturated heterocycles. The molecule has 1 aromatic rings. The maximum atomic E-state index is 11.7. The van der Waals surface area contributed by atoms with E-state index in [4.69, 9.17) is 6.42 Å². The summed E-state index contributed by atoms with van der Waals surface area (Å²) in [6.07, 6.45) is 5.77. The zero-order chi connectivity index (χ0) is 11.7. The maximum absolute atomic E-state index is 11.7. The van der Waals surface area contributed by atoms with Crippen LogP contribution in [-0.2, 0) is 4.79 Å². The van der Waals surface area contributed by atoms with Crippen molar-refractivity contribution in [2.75, 3.05) is 11.4 Å². The van der Waals surface area contributed by atoms with E-state index in [1.807, 2.05) is 19.1 Å². The van der Waals surface area contributed by atoms with Crippen LogP contribution in [0.4, 0.5) is 5.82 Å². The number of anilines is 1. The van der Waals surface area contributed by atoms with Gasteiger partial charge in [0.1, 0.15) is 5.82 Å². The van der Waals surface area contributed by atoms with Gasteiger partial charge in [0.2, 0.25) is 5.91 Å². The smallest absolute Gasteiger partial charge is 0.229 e. The van der Waals surface area contributed by atoms with Gasteiger partial charge in [-0.25, -0.2) is 4.98 Å². The van der Waals surface area contributed by atoms with Gasteiger partial charge in [0, 0.05) is 22.5 Å². The number of nitrogens with zero attached hydrogens (tertiary/aromatic N) is 2. The average molecular weight is 326 g/mol. The number of amides is 1. The van der Waals surface area contributed by atoms with Gasteiger partial charge in [-0.1, -0.05) is 0 Å². The quantitative estimate of drug-likeness (QED) is 0.584. The van der Waals surface area contributed by atoms with E-state index in [1.165, 1.54) is 0 Å². The van der Waals surface area contributed by atoms with Gasteiger partial charge >= 0.3 is 0 Å². The lowest BCUT2D eigenvalue weighted by molar-refractivity contribution is -0.117. The molecule has 16 heavy (non-hydrogen) atoms.